The van der Waals surface area contributed by atoms with Crippen LogP contribution in [-0.4, -0.2) is 24.0 Å². The number of pyridine rings is 1. The number of ketones is 1. The van der Waals surface area contributed by atoms with Crippen molar-refractivity contribution in [3.63, 3.8) is 0 Å². The third-order valence-electron chi connectivity index (χ3n) is 3.87. The molecule has 0 bridgehead atoms. The molecule has 90 valence electrons. The molecule has 3 heteroatoms. The lowest BCUT2D eigenvalue weighted by molar-refractivity contribution is -0.124. The molecule has 0 N–H and O–H groups in total. The van der Waals surface area contributed by atoms with Gasteiger partial charge < -0.3 is 4.74 Å². The predicted molar refractivity (Wildman–Crippen MR) is 63.8 cm³/mol. The normalized spacial score (nSPS) is 27.8. The van der Waals surface area contributed by atoms with Crippen LogP contribution in [0.3, 0.4) is 0 Å². The van der Waals surface area contributed by atoms with Gasteiger partial charge in [0.25, 0.3) is 0 Å². The van der Waals surface area contributed by atoms with Crippen LogP contribution in [0.4, 0.5) is 0 Å². The maximum atomic E-state index is 12.4. The van der Waals surface area contributed by atoms with Gasteiger partial charge in [0.05, 0.1) is 18.2 Å². The van der Waals surface area contributed by atoms with Crippen molar-refractivity contribution in [1.82, 2.24) is 4.98 Å². The predicted octanol–water partition coefficient (Wildman–Crippen LogP) is 2.11. The number of aryl methyl sites for hydroxylation is 1. The minimum absolute atomic E-state index is 0.0200. The monoisotopic (exact) mass is 231 g/mol. The van der Waals surface area contributed by atoms with Gasteiger partial charge in [-0.2, -0.15) is 0 Å². The molecule has 1 aromatic heterocycles. The number of nitrogens with zero attached hydrogens (tertiary/aromatic N) is 1. The van der Waals surface area contributed by atoms with Gasteiger partial charge >= 0.3 is 0 Å². The second-order valence-corrected chi connectivity index (χ2v) is 4.96. The molecule has 0 aromatic carbocycles. The van der Waals surface area contributed by atoms with Gasteiger partial charge in [0.1, 0.15) is 5.78 Å². The Labute approximate surface area is 101 Å². The van der Waals surface area contributed by atoms with Crippen LogP contribution < -0.4 is 0 Å². The van der Waals surface area contributed by atoms with Crippen molar-refractivity contribution in [3.8, 4) is 0 Å². The van der Waals surface area contributed by atoms with Gasteiger partial charge in [0, 0.05) is 18.7 Å². The number of fused-ring (bicyclic) bond motifs is 1. The zero-order valence-electron chi connectivity index (χ0n) is 9.89. The summed E-state index contributed by atoms with van der Waals surface area (Å²) >= 11 is 0. The molecule has 1 aliphatic heterocycles. The molecular formula is C14H17NO2. The highest BCUT2D eigenvalue weighted by molar-refractivity contribution is 5.88. The van der Waals surface area contributed by atoms with Crippen molar-refractivity contribution in [2.75, 3.05) is 13.2 Å². The van der Waals surface area contributed by atoms with Gasteiger partial charge in [-0.3, -0.25) is 9.78 Å². The van der Waals surface area contributed by atoms with Crippen LogP contribution >= 0.6 is 0 Å². The first-order valence-corrected chi connectivity index (χ1v) is 6.41. The van der Waals surface area contributed by atoms with E-state index in [0.717, 1.165) is 38.0 Å². The van der Waals surface area contributed by atoms with Crippen molar-refractivity contribution in [1.29, 1.82) is 0 Å². The standard InChI is InChI=1S/C14H17NO2/c16-14(11-6-8-17-9-11)12-5-1-3-10-4-2-7-15-13(10)12/h2,4,7,11-12H,1,3,5-6,8-9H2. The van der Waals surface area contributed by atoms with E-state index in [-0.39, 0.29) is 11.8 Å². The minimum atomic E-state index is 0.0200. The molecule has 1 fully saturated rings. The fourth-order valence-corrected chi connectivity index (χ4v) is 2.93. The van der Waals surface area contributed by atoms with Crippen molar-refractivity contribution in [3.05, 3.63) is 29.6 Å². The first kappa shape index (κ1) is 10.9. The number of carbonyl (C=O) groups excluding carboxylic acids is 1. The summed E-state index contributed by atoms with van der Waals surface area (Å²) in [4.78, 5) is 16.9. The van der Waals surface area contributed by atoms with Crippen LogP contribution in [0.15, 0.2) is 18.3 Å². The molecule has 2 aliphatic rings. The molecule has 1 aromatic rings. The zero-order chi connectivity index (χ0) is 11.7. The Bertz CT molecular complexity index is 424. The van der Waals surface area contributed by atoms with E-state index in [2.05, 4.69) is 11.1 Å². The average molecular weight is 231 g/mol. The summed E-state index contributed by atoms with van der Waals surface area (Å²) in [6.07, 6.45) is 5.81. The first-order valence-electron chi connectivity index (χ1n) is 6.41. The van der Waals surface area contributed by atoms with Crippen LogP contribution in [0.1, 0.15) is 36.4 Å². The van der Waals surface area contributed by atoms with Crippen LogP contribution in [0.2, 0.25) is 0 Å². The van der Waals surface area contributed by atoms with Crippen molar-refractivity contribution >= 4 is 5.78 Å². The third-order valence-corrected chi connectivity index (χ3v) is 3.87. The van der Waals surface area contributed by atoms with Gasteiger partial charge in [-0.15, -0.1) is 0 Å². The molecule has 3 rings (SSSR count). The second kappa shape index (κ2) is 4.57. The summed E-state index contributed by atoms with van der Waals surface area (Å²) in [5.41, 5.74) is 2.28. The summed E-state index contributed by atoms with van der Waals surface area (Å²) in [6.45, 7) is 1.34. The maximum absolute atomic E-state index is 12.4. The summed E-state index contributed by atoms with van der Waals surface area (Å²) in [5, 5.41) is 0. The number of hydrogen-bond acceptors (Lipinski definition) is 3. The van der Waals surface area contributed by atoms with Crippen LogP contribution in [-0.2, 0) is 16.0 Å². The highest BCUT2D eigenvalue weighted by atomic mass is 16.5. The summed E-state index contributed by atoms with van der Waals surface area (Å²) in [6, 6.07) is 4.07. The number of aromatic nitrogens is 1. The molecule has 17 heavy (non-hydrogen) atoms. The minimum Gasteiger partial charge on any atom is -0.381 e. The first-order chi connectivity index (χ1) is 8.36. The molecule has 0 saturated carbocycles. The number of ether oxygens (including phenoxy) is 1. The summed E-state index contributed by atoms with van der Waals surface area (Å²) in [7, 11) is 0. The van der Waals surface area contributed by atoms with E-state index in [1.54, 1.807) is 6.20 Å². The summed E-state index contributed by atoms with van der Waals surface area (Å²) in [5.74, 6) is 0.474. The fourth-order valence-electron chi connectivity index (χ4n) is 2.93. The number of carbonyl (C=O) groups is 1. The van der Waals surface area contributed by atoms with E-state index in [1.165, 1.54) is 5.56 Å². The van der Waals surface area contributed by atoms with E-state index in [4.69, 9.17) is 4.74 Å². The van der Waals surface area contributed by atoms with Crippen molar-refractivity contribution < 1.29 is 9.53 Å². The van der Waals surface area contributed by atoms with Gasteiger partial charge in [0.2, 0.25) is 0 Å². The average Bonchev–Trinajstić information content (AvgIpc) is 2.91. The SMILES string of the molecule is O=C(C1CCOC1)C1CCCc2cccnc21. The molecule has 0 radical (unpaired) electrons. The molecule has 0 amide bonds. The summed E-state index contributed by atoms with van der Waals surface area (Å²) < 4.78 is 5.32. The molecule has 2 atom stereocenters. The smallest absolute Gasteiger partial charge is 0.147 e. The van der Waals surface area contributed by atoms with E-state index >= 15 is 0 Å². The van der Waals surface area contributed by atoms with Crippen LogP contribution in [0, 0.1) is 5.92 Å². The van der Waals surface area contributed by atoms with Crippen molar-refractivity contribution in [2.45, 2.75) is 31.6 Å². The van der Waals surface area contributed by atoms with Crippen molar-refractivity contribution in [2.24, 2.45) is 5.92 Å². The zero-order valence-corrected chi connectivity index (χ0v) is 9.89. The molecule has 2 heterocycles. The molecule has 1 aliphatic carbocycles. The number of Topliss-reactive ketones (excluding diaryl/α,β-unsaturated/α-hetero) is 1. The lowest BCUT2D eigenvalue weighted by atomic mass is 9.80. The Hall–Kier alpha value is -1.22. The van der Waals surface area contributed by atoms with Gasteiger partial charge in [-0.05, 0) is 37.3 Å². The Balaban J connectivity index is 1.86. The largest absolute Gasteiger partial charge is 0.381 e. The highest BCUT2D eigenvalue weighted by Gasteiger charge is 2.34. The fraction of sp³-hybridized carbons (Fsp3) is 0.571. The lowest BCUT2D eigenvalue weighted by Crippen LogP contribution is -2.26. The molecule has 2 unspecified atom stereocenters. The number of hydrogen-bond donors (Lipinski definition) is 0. The Morgan fingerprint density at radius 3 is 3.18 bits per heavy atom. The third kappa shape index (κ3) is 2.00. The van der Waals surface area contributed by atoms with E-state index in [0.29, 0.717) is 12.4 Å². The van der Waals surface area contributed by atoms with E-state index in [9.17, 15) is 4.79 Å². The molecule has 0 spiro atoms. The maximum Gasteiger partial charge on any atom is 0.147 e. The van der Waals surface area contributed by atoms with Gasteiger partial charge in [-0.1, -0.05) is 6.07 Å². The highest BCUT2D eigenvalue weighted by Crippen LogP contribution is 2.33. The number of rotatable bonds is 2. The second-order valence-electron chi connectivity index (χ2n) is 4.96. The van der Waals surface area contributed by atoms with Crippen LogP contribution in [0.25, 0.3) is 0 Å². The molecule has 3 nitrogen and oxygen atoms in total. The Morgan fingerprint density at radius 1 is 1.41 bits per heavy atom. The topological polar surface area (TPSA) is 39.2 Å². The van der Waals surface area contributed by atoms with E-state index < -0.39 is 0 Å². The quantitative estimate of drug-likeness (QED) is 0.782. The van der Waals surface area contributed by atoms with Crippen LogP contribution in [0.5, 0.6) is 0 Å². The lowest BCUT2D eigenvalue weighted by Gasteiger charge is -2.24. The van der Waals surface area contributed by atoms with Gasteiger partial charge in [-0.25, -0.2) is 0 Å². The van der Waals surface area contributed by atoms with E-state index in [1.807, 2.05) is 6.07 Å². The van der Waals surface area contributed by atoms with Gasteiger partial charge in [0.15, 0.2) is 0 Å². The Morgan fingerprint density at radius 2 is 2.35 bits per heavy atom. The molecular weight excluding hydrogens is 214 g/mol. The molecule has 1 saturated heterocycles. The Kier molecular flexibility index (Phi) is 2.93.